The summed E-state index contributed by atoms with van der Waals surface area (Å²) >= 11 is 0. The largest absolute Gasteiger partial charge is 0.469 e. The van der Waals surface area contributed by atoms with Crippen molar-refractivity contribution in [2.24, 2.45) is 0 Å². The van der Waals surface area contributed by atoms with Crippen LogP contribution in [0.15, 0.2) is 18.2 Å². The van der Waals surface area contributed by atoms with Gasteiger partial charge in [0.1, 0.15) is 6.61 Å². The van der Waals surface area contributed by atoms with Crippen molar-refractivity contribution in [3.8, 4) is 11.8 Å². The number of methoxy groups -OCH3 is 1. The molecule has 0 aliphatic heterocycles. The lowest BCUT2D eigenvalue weighted by molar-refractivity contribution is -0.140. The van der Waals surface area contributed by atoms with Gasteiger partial charge in [-0.15, -0.1) is 0 Å². The van der Waals surface area contributed by atoms with Gasteiger partial charge in [0.25, 0.3) is 5.91 Å². The van der Waals surface area contributed by atoms with Gasteiger partial charge in [-0.05, 0) is 19.1 Å². The van der Waals surface area contributed by atoms with Crippen LogP contribution >= 0.6 is 0 Å². The Kier molecular flexibility index (Phi) is 6.44. The van der Waals surface area contributed by atoms with Crippen molar-refractivity contribution in [1.29, 1.82) is 0 Å². The van der Waals surface area contributed by atoms with Crippen LogP contribution in [0.4, 0.5) is 0 Å². The molecule has 0 heterocycles. The fourth-order valence-electron chi connectivity index (χ4n) is 1.75. The highest BCUT2D eigenvalue weighted by Gasteiger charge is 2.16. The van der Waals surface area contributed by atoms with Crippen molar-refractivity contribution in [2.75, 3.05) is 27.3 Å². The number of ether oxygens (including phenoxy) is 1. The van der Waals surface area contributed by atoms with E-state index >= 15 is 0 Å². The van der Waals surface area contributed by atoms with Crippen molar-refractivity contribution < 1.29 is 19.4 Å². The zero-order valence-corrected chi connectivity index (χ0v) is 12.5. The average molecular weight is 289 g/mol. The number of carbonyl (C=O) groups is 2. The third-order valence-electron chi connectivity index (χ3n) is 2.93. The molecule has 21 heavy (non-hydrogen) atoms. The predicted molar refractivity (Wildman–Crippen MR) is 78.7 cm³/mol. The van der Waals surface area contributed by atoms with E-state index in [-0.39, 0.29) is 31.4 Å². The first kappa shape index (κ1) is 16.7. The smallest absolute Gasteiger partial charge is 0.307 e. The Labute approximate surface area is 124 Å². The Hall–Kier alpha value is -2.32. The molecule has 0 saturated heterocycles. The van der Waals surface area contributed by atoms with Crippen LogP contribution in [0, 0.1) is 18.8 Å². The maximum atomic E-state index is 12.4. The van der Waals surface area contributed by atoms with E-state index in [0.717, 1.165) is 5.56 Å². The molecule has 1 N–H and O–H groups in total. The summed E-state index contributed by atoms with van der Waals surface area (Å²) in [6.45, 7) is 1.89. The quantitative estimate of drug-likeness (QED) is 0.662. The molecule has 0 unspecified atom stereocenters. The standard InChI is InChI=1S/C16H19NO4/c1-12-6-7-13(5-4-10-18)14(11-12)16(20)17(2)9-8-15(19)21-3/h6-7,11,18H,8-10H2,1-3H3. The van der Waals surface area contributed by atoms with Gasteiger partial charge >= 0.3 is 5.97 Å². The number of aliphatic hydroxyl groups excluding tert-OH is 1. The molecular weight excluding hydrogens is 270 g/mol. The molecule has 1 aromatic rings. The third kappa shape index (κ3) is 4.93. The van der Waals surface area contributed by atoms with E-state index in [9.17, 15) is 9.59 Å². The lowest BCUT2D eigenvalue weighted by Crippen LogP contribution is -2.30. The summed E-state index contributed by atoms with van der Waals surface area (Å²) in [5.74, 6) is 4.72. The third-order valence-corrected chi connectivity index (χ3v) is 2.93. The first-order chi connectivity index (χ1) is 9.99. The summed E-state index contributed by atoms with van der Waals surface area (Å²) in [6, 6.07) is 5.35. The first-order valence-corrected chi connectivity index (χ1v) is 6.52. The number of esters is 1. The average Bonchev–Trinajstić information content (AvgIpc) is 2.50. The number of aryl methyl sites for hydroxylation is 1. The monoisotopic (exact) mass is 289 g/mol. The van der Waals surface area contributed by atoms with Gasteiger partial charge in [0, 0.05) is 19.2 Å². The highest BCUT2D eigenvalue weighted by Crippen LogP contribution is 2.13. The Morgan fingerprint density at radius 3 is 2.71 bits per heavy atom. The van der Waals surface area contributed by atoms with Crippen molar-refractivity contribution in [1.82, 2.24) is 4.90 Å². The lowest BCUT2D eigenvalue weighted by Gasteiger charge is -2.17. The van der Waals surface area contributed by atoms with Gasteiger partial charge in [0.05, 0.1) is 19.1 Å². The molecule has 0 bridgehead atoms. The Morgan fingerprint density at radius 2 is 2.10 bits per heavy atom. The molecule has 0 radical (unpaired) electrons. The Morgan fingerprint density at radius 1 is 1.38 bits per heavy atom. The van der Waals surface area contributed by atoms with Crippen LogP contribution in [0.5, 0.6) is 0 Å². The molecule has 5 nitrogen and oxygen atoms in total. The van der Waals surface area contributed by atoms with Crippen molar-refractivity contribution in [3.63, 3.8) is 0 Å². The van der Waals surface area contributed by atoms with Crippen LogP contribution in [-0.4, -0.2) is 49.2 Å². The van der Waals surface area contributed by atoms with Gasteiger partial charge in [-0.2, -0.15) is 0 Å². The van der Waals surface area contributed by atoms with E-state index in [1.54, 1.807) is 19.2 Å². The van der Waals surface area contributed by atoms with Crippen LogP contribution in [0.3, 0.4) is 0 Å². The molecule has 0 spiro atoms. The van der Waals surface area contributed by atoms with Gasteiger partial charge in [-0.25, -0.2) is 0 Å². The Bertz CT molecular complexity index is 584. The SMILES string of the molecule is COC(=O)CCN(C)C(=O)c1cc(C)ccc1C#CCO. The van der Waals surface area contributed by atoms with E-state index < -0.39 is 0 Å². The zero-order chi connectivity index (χ0) is 15.8. The number of rotatable bonds is 4. The number of amides is 1. The molecule has 1 amide bonds. The van der Waals surface area contributed by atoms with Crippen LogP contribution in [0.25, 0.3) is 0 Å². The maximum Gasteiger partial charge on any atom is 0.307 e. The van der Waals surface area contributed by atoms with Gasteiger partial charge < -0.3 is 14.7 Å². The molecule has 112 valence electrons. The molecule has 0 aromatic heterocycles. The zero-order valence-electron chi connectivity index (χ0n) is 12.5. The second-order valence-electron chi connectivity index (χ2n) is 4.56. The summed E-state index contributed by atoms with van der Waals surface area (Å²) in [6.07, 6.45) is 0.141. The Balaban J connectivity index is 2.94. The van der Waals surface area contributed by atoms with Crippen molar-refractivity contribution in [2.45, 2.75) is 13.3 Å². The van der Waals surface area contributed by atoms with E-state index in [4.69, 9.17) is 5.11 Å². The topological polar surface area (TPSA) is 66.8 Å². The number of aliphatic hydroxyl groups is 1. The highest BCUT2D eigenvalue weighted by molar-refractivity contribution is 5.97. The maximum absolute atomic E-state index is 12.4. The van der Waals surface area contributed by atoms with E-state index in [2.05, 4.69) is 16.6 Å². The number of benzene rings is 1. The molecule has 5 heteroatoms. The number of hydrogen-bond acceptors (Lipinski definition) is 4. The molecule has 0 aliphatic rings. The minimum atomic E-state index is -0.362. The van der Waals surface area contributed by atoms with Crippen LogP contribution in [-0.2, 0) is 9.53 Å². The lowest BCUT2D eigenvalue weighted by atomic mass is 10.0. The highest BCUT2D eigenvalue weighted by atomic mass is 16.5. The molecule has 0 saturated carbocycles. The minimum Gasteiger partial charge on any atom is -0.469 e. The van der Waals surface area contributed by atoms with Gasteiger partial charge in [0.2, 0.25) is 0 Å². The summed E-state index contributed by atoms with van der Waals surface area (Å²) < 4.78 is 4.55. The molecule has 0 fully saturated rings. The van der Waals surface area contributed by atoms with Crippen LogP contribution in [0.1, 0.15) is 27.9 Å². The molecule has 1 aromatic carbocycles. The minimum absolute atomic E-state index is 0.141. The second kappa shape index (κ2) is 8.08. The summed E-state index contributed by atoms with van der Waals surface area (Å²) in [7, 11) is 2.93. The second-order valence-corrected chi connectivity index (χ2v) is 4.56. The van der Waals surface area contributed by atoms with Crippen molar-refractivity contribution >= 4 is 11.9 Å². The van der Waals surface area contributed by atoms with E-state index in [1.165, 1.54) is 12.0 Å². The summed E-state index contributed by atoms with van der Waals surface area (Å²) in [5.41, 5.74) is 1.96. The normalized spacial score (nSPS) is 9.52. The fraction of sp³-hybridized carbons (Fsp3) is 0.375. The molecular formula is C16H19NO4. The van der Waals surface area contributed by atoms with Crippen LogP contribution in [0.2, 0.25) is 0 Å². The fourth-order valence-corrected chi connectivity index (χ4v) is 1.75. The molecule has 1 rings (SSSR count). The van der Waals surface area contributed by atoms with Crippen LogP contribution < -0.4 is 0 Å². The summed E-state index contributed by atoms with van der Waals surface area (Å²) in [5, 5.41) is 8.77. The van der Waals surface area contributed by atoms with Gasteiger partial charge in [-0.3, -0.25) is 9.59 Å². The van der Waals surface area contributed by atoms with E-state index in [1.807, 2.05) is 13.0 Å². The number of hydrogen-bond donors (Lipinski definition) is 1. The number of nitrogens with zero attached hydrogens (tertiary/aromatic N) is 1. The summed E-state index contributed by atoms with van der Waals surface area (Å²) in [4.78, 5) is 25.0. The molecule has 0 aliphatic carbocycles. The first-order valence-electron chi connectivity index (χ1n) is 6.52. The van der Waals surface area contributed by atoms with Gasteiger partial charge in [-0.1, -0.05) is 23.5 Å². The van der Waals surface area contributed by atoms with Crippen molar-refractivity contribution in [3.05, 3.63) is 34.9 Å². The van der Waals surface area contributed by atoms with Gasteiger partial charge in [0.15, 0.2) is 0 Å². The molecule has 0 atom stereocenters. The van der Waals surface area contributed by atoms with E-state index in [0.29, 0.717) is 11.1 Å². The predicted octanol–water partition coefficient (Wildman–Crippen LogP) is 0.974. The number of carbonyl (C=O) groups excluding carboxylic acids is 2.